The highest BCUT2D eigenvalue weighted by molar-refractivity contribution is 7.53. The van der Waals surface area contributed by atoms with Crippen molar-refractivity contribution < 1.29 is 84.8 Å². The maximum Gasteiger partial charge on any atom is 0.327 e. The molecule has 0 aliphatic carbocycles. The fourth-order valence-corrected chi connectivity index (χ4v) is 14.7. The van der Waals surface area contributed by atoms with Crippen LogP contribution >= 0.6 is 15.2 Å². The number of allylic oxidation sites excluding steroid dienone is 4. The molecule has 0 aliphatic heterocycles. The predicted octanol–water partition coefficient (Wildman–Crippen LogP) is 20.6. The van der Waals surface area contributed by atoms with Crippen molar-refractivity contribution in [3.05, 3.63) is 24.3 Å². The van der Waals surface area contributed by atoms with Crippen LogP contribution in [0, 0.1) is 0 Å². The van der Waals surface area contributed by atoms with Crippen LogP contribution in [-0.2, 0) is 79.7 Å². The lowest BCUT2D eigenvalue weighted by molar-refractivity contribution is -0.151. The van der Waals surface area contributed by atoms with E-state index in [2.05, 4.69) is 87.1 Å². The number of unbranched alkanes of at least 4 members (excludes halogenated alkanes) is 34. The Balaban J connectivity index is 5.66. The van der Waals surface area contributed by atoms with E-state index in [0.717, 1.165) is 135 Å². The van der Waals surface area contributed by atoms with Gasteiger partial charge in [-0.3, -0.25) is 42.7 Å². The Hall–Kier alpha value is -3.85. The summed E-state index contributed by atoms with van der Waals surface area (Å²) in [7, 11) is -7.60. The summed E-state index contributed by atoms with van der Waals surface area (Å²) in [5, 5.41) is 21.7. The highest BCUT2D eigenvalue weighted by Crippen LogP contribution is 2.44. The standard InChI is InChI=1S/C87H164N4O18P2/c1-9-15-21-27-31-35-39-45-49-55-78(92)69-84(96)90-76(72-102-65-61-80(57-51-43-25-19-13-5)108-86(98)59-53-47-41-37-33-29-23-17-11-3)74-106-110(7,100)104-67-63-88-82(94)71-83(95)89-64-68-105-111(8,101)107-75-77(91-85(97)70-79(93)56-50-46-40-36-32-28-22-16-10-2)73-103-66-62-81(58-52-44-26-20-14-6)109-87(99)60-54-48-42-38-34-30-24-18-12-4/h37-38,41-42,76-78,80-81,92H,9-36,39-40,43-75H2,1-8H3,(H,88,94)(H,89,95)(H,90,96)(H,91,97)/b41-37-,42-38-/t76-,77-,78?,80+,81+,110?,111?/m0/s1. The normalized spacial score (nSPS) is 14.2. The first-order valence-corrected chi connectivity index (χ1v) is 48.6. The number of carbonyl (C=O) groups excluding carboxylic acids is 7. The van der Waals surface area contributed by atoms with Crippen LogP contribution in [0.2, 0.25) is 0 Å². The van der Waals surface area contributed by atoms with Gasteiger partial charge in [-0.25, -0.2) is 0 Å². The van der Waals surface area contributed by atoms with Crippen LogP contribution in [-0.4, -0.2) is 156 Å². The van der Waals surface area contributed by atoms with Crippen molar-refractivity contribution >= 4 is 56.5 Å². The molecule has 0 bridgehead atoms. The molecule has 0 saturated heterocycles. The first kappa shape index (κ1) is 107. The Bertz CT molecular complexity index is 2440. The number of hydrogen-bond acceptors (Lipinski definition) is 18. The van der Waals surface area contributed by atoms with Crippen LogP contribution in [0.3, 0.4) is 0 Å². The van der Waals surface area contributed by atoms with E-state index < -0.39 is 63.4 Å². The van der Waals surface area contributed by atoms with Gasteiger partial charge in [0, 0.05) is 58.5 Å². The maximum absolute atomic E-state index is 13.6. The first-order valence-electron chi connectivity index (χ1n) is 44.6. The van der Waals surface area contributed by atoms with E-state index in [0.29, 0.717) is 70.6 Å². The molecule has 5 N–H and O–H groups in total. The summed E-state index contributed by atoms with van der Waals surface area (Å²) >= 11 is 0. The number of amides is 4. The second kappa shape index (κ2) is 77.4. The Morgan fingerprint density at radius 1 is 0.342 bits per heavy atom. The van der Waals surface area contributed by atoms with Crippen LogP contribution in [0.4, 0.5) is 0 Å². The Kier molecular flexibility index (Phi) is 74.7. The zero-order valence-electron chi connectivity index (χ0n) is 71.5. The summed E-state index contributed by atoms with van der Waals surface area (Å²) in [4.78, 5) is 91.5. The van der Waals surface area contributed by atoms with Crippen LogP contribution < -0.4 is 21.3 Å². The van der Waals surface area contributed by atoms with Crippen molar-refractivity contribution in [3.8, 4) is 0 Å². The average molecular weight is 1620 g/mol. The van der Waals surface area contributed by atoms with E-state index in [4.69, 9.17) is 37.0 Å². The van der Waals surface area contributed by atoms with E-state index in [1.807, 2.05) is 0 Å². The second-order valence-electron chi connectivity index (χ2n) is 30.8. The van der Waals surface area contributed by atoms with Gasteiger partial charge in [0.05, 0.1) is 83.9 Å². The minimum absolute atomic E-state index is 0.0263. The molecule has 3 unspecified atom stereocenters. The van der Waals surface area contributed by atoms with Gasteiger partial charge in [-0.1, -0.05) is 265 Å². The topological polar surface area (TPSA) is 296 Å². The molecule has 0 saturated carbocycles. The molecule has 0 aliphatic rings. The first-order chi connectivity index (χ1) is 53.7. The van der Waals surface area contributed by atoms with Gasteiger partial charge < -0.3 is 63.4 Å². The fourth-order valence-electron chi connectivity index (χ4n) is 12.8. The lowest BCUT2D eigenvalue weighted by Crippen LogP contribution is -2.42. The number of carbonyl (C=O) groups is 7. The Morgan fingerprint density at radius 2 is 0.676 bits per heavy atom. The molecule has 4 amide bonds. The van der Waals surface area contributed by atoms with Crippen molar-refractivity contribution in [2.75, 3.05) is 79.3 Å². The Labute approximate surface area is 675 Å². The molecule has 0 spiro atoms. The summed E-state index contributed by atoms with van der Waals surface area (Å²) in [5.74, 6) is -2.88. The van der Waals surface area contributed by atoms with Crippen molar-refractivity contribution in [2.24, 2.45) is 0 Å². The molecule has 22 nitrogen and oxygen atoms in total. The SMILES string of the molecule is CCCCCC/C=C\CCCC(=O)O[C@H](CCCCCCC)CCOC[C@@H](COP(C)(=O)OCCNC(=O)CC(=O)NCCOP(C)(=O)OC[C@H](COCC[C@@H](CCCCCCC)OC(=O)CCC/C=C\CCCCCC)NC(=O)CC(O)CCCCCCCCCCC)NC(=O)CC(=O)CCCCCCCCCCC. The summed E-state index contributed by atoms with van der Waals surface area (Å²) in [6.45, 7) is 14.7. The third-order valence-electron chi connectivity index (χ3n) is 19.5. The molecule has 24 heteroatoms. The second-order valence-corrected chi connectivity index (χ2v) is 34.9. The monoisotopic (exact) mass is 1620 g/mol. The van der Waals surface area contributed by atoms with Gasteiger partial charge in [0.1, 0.15) is 24.4 Å². The number of Topliss-reactive ketones (excluding diaryl/α,β-unsaturated/α-hetero) is 1. The van der Waals surface area contributed by atoms with Gasteiger partial charge in [-0.05, 0) is 89.9 Å². The minimum Gasteiger partial charge on any atom is -0.462 e. The molecule has 0 aromatic rings. The molecule has 0 rings (SSSR count). The number of esters is 2. The number of hydrogen-bond donors (Lipinski definition) is 5. The van der Waals surface area contributed by atoms with E-state index in [1.54, 1.807) is 0 Å². The van der Waals surface area contributed by atoms with Crippen LogP contribution in [0.25, 0.3) is 0 Å². The van der Waals surface area contributed by atoms with Gasteiger partial charge >= 0.3 is 27.1 Å². The summed E-state index contributed by atoms with van der Waals surface area (Å²) < 4.78 is 74.1. The predicted molar refractivity (Wildman–Crippen MR) is 450 cm³/mol. The number of aliphatic hydroxyl groups excluding tert-OH is 1. The maximum atomic E-state index is 13.6. The number of ether oxygens (including phenoxy) is 4. The van der Waals surface area contributed by atoms with E-state index in [-0.39, 0.29) is 109 Å². The van der Waals surface area contributed by atoms with Crippen LogP contribution in [0.1, 0.15) is 382 Å². The number of rotatable bonds is 84. The molecular weight excluding hydrogens is 1450 g/mol. The molecule has 650 valence electrons. The van der Waals surface area contributed by atoms with Gasteiger partial charge in [-0.2, -0.15) is 0 Å². The molecule has 0 heterocycles. The summed E-state index contributed by atoms with van der Waals surface area (Å²) in [5.41, 5.74) is 0. The minimum atomic E-state index is -3.81. The highest BCUT2D eigenvalue weighted by Gasteiger charge is 2.26. The van der Waals surface area contributed by atoms with Crippen LogP contribution in [0.5, 0.6) is 0 Å². The smallest absolute Gasteiger partial charge is 0.327 e. The molecular formula is C87H164N4O18P2. The molecule has 0 fully saturated rings. The zero-order valence-corrected chi connectivity index (χ0v) is 73.3. The third kappa shape index (κ3) is 74.7. The largest absolute Gasteiger partial charge is 0.462 e. The Morgan fingerprint density at radius 3 is 1.06 bits per heavy atom. The summed E-state index contributed by atoms with van der Waals surface area (Å²) in [6, 6.07) is -1.61. The van der Waals surface area contributed by atoms with Gasteiger partial charge in [0.2, 0.25) is 23.6 Å². The zero-order chi connectivity index (χ0) is 81.8. The lowest BCUT2D eigenvalue weighted by atomic mass is 10.0. The number of ketones is 1. The van der Waals surface area contributed by atoms with Gasteiger partial charge in [0.15, 0.2) is 0 Å². The highest BCUT2D eigenvalue weighted by atomic mass is 31.2. The van der Waals surface area contributed by atoms with Crippen molar-refractivity contribution in [3.63, 3.8) is 0 Å². The third-order valence-corrected chi connectivity index (χ3v) is 22.0. The molecule has 0 radical (unpaired) electrons. The summed E-state index contributed by atoms with van der Waals surface area (Å²) in [6.07, 6.45) is 55.5. The number of aliphatic hydroxyl groups is 1. The lowest BCUT2D eigenvalue weighted by Gasteiger charge is -2.23. The molecule has 0 aromatic heterocycles. The van der Waals surface area contributed by atoms with E-state index >= 15 is 0 Å². The van der Waals surface area contributed by atoms with Gasteiger partial charge in [-0.15, -0.1) is 0 Å². The average Bonchev–Trinajstić information content (AvgIpc) is 0.911. The van der Waals surface area contributed by atoms with Crippen molar-refractivity contribution in [1.29, 1.82) is 0 Å². The van der Waals surface area contributed by atoms with Crippen molar-refractivity contribution in [2.45, 2.75) is 412 Å². The molecule has 111 heavy (non-hydrogen) atoms. The molecule has 0 aromatic carbocycles. The van der Waals surface area contributed by atoms with Gasteiger partial charge in [0.25, 0.3) is 0 Å². The quantitative estimate of drug-likeness (QED) is 0.0124. The fraction of sp³-hybridized carbons (Fsp3) is 0.874. The molecule has 7 atom stereocenters. The number of nitrogens with one attached hydrogen (secondary N) is 4. The van der Waals surface area contributed by atoms with Crippen LogP contribution in [0.15, 0.2) is 24.3 Å². The van der Waals surface area contributed by atoms with E-state index in [9.17, 15) is 47.8 Å². The van der Waals surface area contributed by atoms with E-state index in [1.165, 1.54) is 129 Å². The van der Waals surface area contributed by atoms with Crippen molar-refractivity contribution in [1.82, 2.24) is 21.3 Å².